The fraction of sp³-hybridized carbons (Fsp3) is 0.238. The number of anilines is 1. The van der Waals surface area contributed by atoms with Crippen LogP contribution in [0.1, 0.15) is 29.9 Å². The van der Waals surface area contributed by atoms with E-state index < -0.39 is 0 Å². The number of nitrogens with one attached hydrogen (secondary N) is 1. The lowest BCUT2D eigenvalue weighted by molar-refractivity contribution is 0.102. The zero-order chi connectivity index (χ0) is 19.4. The third-order valence-electron chi connectivity index (χ3n) is 4.12. The Bertz CT molecular complexity index is 1080. The summed E-state index contributed by atoms with van der Waals surface area (Å²) < 4.78 is 1.36. The van der Waals surface area contributed by atoms with Crippen LogP contribution >= 0.6 is 0 Å². The largest absolute Gasteiger partial charge is 0.321 e. The van der Waals surface area contributed by atoms with Crippen LogP contribution in [-0.2, 0) is 13.0 Å². The number of carbonyl (C=O) groups excluding carboxylic acids is 1. The van der Waals surface area contributed by atoms with E-state index in [2.05, 4.69) is 16.5 Å². The van der Waals surface area contributed by atoms with Crippen LogP contribution < -0.4 is 10.9 Å². The molecule has 0 fully saturated rings. The molecule has 6 nitrogen and oxygen atoms in total. The maximum absolute atomic E-state index is 12.8. The summed E-state index contributed by atoms with van der Waals surface area (Å²) in [5.74, 6) is -0.156. The molecule has 0 radical (unpaired) electrons. The van der Waals surface area contributed by atoms with Crippen molar-refractivity contribution < 1.29 is 4.79 Å². The first-order valence-electron chi connectivity index (χ1n) is 8.76. The van der Waals surface area contributed by atoms with Crippen molar-refractivity contribution >= 4 is 22.4 Å². The lowest BCUT2D eigenvalue weighted by atomic mass is 10.1. The summed E-state index contributed by atoms with van der Waals surface area (Å²) in [5, 5.41) is 16.9. The van der Waals surface area contributed by atoms with Crippen LogP contribution in [0, 0.1) is 17.2 Å². The van der Waals surface area contributed by atoms with E-state index in [4.69, 9.17) is 5.26 Å². The monoisotopic (exact) mass is 360 g/mol. The predicted molar refractivity (Wildman–Crippen MR) is 105 cm³/mol. The van der Waals surface area contributed by atoms with Crippen molar-refractivity contribution in [2.45, 2.75) is 26.8 Å². The smallest absolute Gasteiger partial charge is 0.276 e. The SMILES string of the molecule is CC(C)Cn1nc(C(=O)Nc2ccc(CC#N)cc2)c2ccccc2c1=O. The summed E-state index contributed by atoms with van der Waals surface area (Å²) in [4.78, 5) is 25.5. The van der Waals surface area contributed by atoms with Crippen LogP contribution in [0.5, 0.6) is 0 Å². The highest BCUT2D eigenvalue weighted by Gasteiger charge is 2.17. The van der Waals surface area contributed by atoms with Crippen molar-refractivity contribution in [3.63, 3.8) is 0 Å². The van der Waals surface area contributed by atoms with Crippen LogP contribution in [0.4, 0.5) is 5.69 Å². The van der Waals surface area contributed by atoms with Gasteiger partial charge in [-0.05, 0) is 29.7 Å². The van der Waals surface area contributed by atoms with E-state index >= 15 is 0 Å². The maximum Gasteiger partial charge on any atom is 0.276 e. The van der Waals surface area contributed by atoms with Crippen molar-refractivity contribution in [1.29, 1.82) is 5.26 Å². The molecule has 0 saturated heterocycles. The number of hydrogen-bond donors (Lipinski definition) is 1. The molecule has 3 aromatic rings. The quantitative estimate of drug-likeness (QED) is 0.755. The Labute approximate surface area is 157 Å². The molecule has 0 unspecified atom stereocenters. The zero-order valence-corrected chi connectivity index (χ0v) is 15.3. The molecule has 1 amide bonds. The average Bonchev–Trinajstić information content (AvgIpc) is 2.65. The number of fused-ring (bicyclic) bond motifs is 1. The number of rotatable bonds is 5. The van der Waals surface area contributed by atoms with Gasteiger partial charge in [-0.15, -0.1) is 0 Å². The van der Waals surface area contributed by atoms with Gasteiger partial charge < -0.3 is 5.32 Å². The van der Waals surface area contributed by atoms with Gasteiger partial charge >= 0.3 is 0 Å². The van der Waals surface area contributed by atoms with Crippen molar-refractivity contribution in [3.8, 4) is 6.07 Å². The van der Waals surface area contributed by atoms with Crippen LogP contribution in [0.25, 0.3) is 10.8 Å². The van der Waals surface area contributed by atoms with Gasteiger partial charge in [-0.3, -0.25) is 9.59 Å². The standard InChI is InChI=1S/C21H20N4O2/c1-14(2)13-25-21(27)18-6-4-3-5-17(18)19(24-25)20(26)23-16-9-7-15(8-10-16)11-12-22/h3-10,14H,11,13H2,1-2H3,(H,23,26). The van der Waals surface area contributed by atoms with E-state index in [9.17, 15) is 9.59 Å². The molecule has 0 saturated carbocycles. The van der Waals surface area contributed by atoms with Gasteiger partial charge in [-0.1, -0.05) is 44.2 Å². The molecule has 0 atom stereocenters. The van der Waals surface area contributed by atoms with E-state index in [1.54, 1.807) is 48.5 Å². The molecule has 0 aliphatic rings. The molecule has 136 valence electrons. The van der Waals surface area contributed by atoms with E-state index in [0.717, 1.165) is 5.56 Å². The summed E-state index contributed by atoms with van der Waals surface area (Å²) in [6, 6.07) is 16.2. The second-order valence-electron chi connectivity index (χ2n) is 6.76. The number of hydrogen-bond acceptors (Lipinski definition) is 4. The van der Waals surface area contributed by atoms with E-state index in [1.807, 2.05) is 13.8 Å². The second-order valence-corrected chi connectivity index (χ2v) is 6.76. The summed E-state index contributed by atoms with van der Waals surface area (Å²) in [6.45, 7) is 4.42. The molecule has 0 aliphatic carbocycles. The van der Waals surface area contributed by atoms with Gasteiger partial charge in [0.2, 0.25) is 0 Å². The van der Waals surface area contributed by atoms with Crippen molar-refractivity contribution in [1.82, 2.24) is 9.78 Å². The van der Waals surface area contributed by atoms with Gasteiger partial charge in [-0.2, -0.15) is 10.4 Å². The molecule has 1 heterocycles. The molecule has 1 N–H and O–H groups in total. The van der Waals surface area contributed by atoms with Crippen LogP contribution in [-0.4, -0.2) is 15.7 Å². The lowest BCUT2D eigenvalue weighted by Gasteiger charge is -2.13. The fourth-order valence-electron chi connectivity index (χ4n) is 2.86. The number of nitrogens with zero attached hydrogens (tertiary/aromatic N) is 3. The van der Waals surface area contributed by atoms with E-state index in [-0.39, 0.29) is 23.1 Å². The number of amides is 1. The highest BCUT2D eigenvalue weighted by Crippen LogP contribution is 2.16. The minimum Gasteiger partial charge on any atom is -0.321 e. The van der Waals surface area contributed by atoms with Gasteiger partial charge in [0, 0.05) is 17.6 Å². The molecule has 0 spiro atoms. The first-order chi connectivity index (χ1) is 13.0. The third-order valence-corrected chi connectivity index (χ3v) is 4.12. The minimum atomic E-state index is -0.378. The Hall–Kier alpha value is -3.46. The van der Waals surface area contributed by atoms with Gasteiger partial charge in [0.05, 0.1) is 17.9 Å². The molecule has 1 aromatic heterocycles. The Morgan fingerprint density at radius 1 is 1.15 bits per heavy atom. The highest BCUT2D eigenvalue weighted by molar-refractivity contribution is 6.11. The molecule has 2 aromatic carbocycles. The fourth-order valence-corrected chi connectivity index (χ4v) is 2.86. The first-order valence-corrected chi connectivity index (χ1v) is 8.76. The van der Waals surface area contributed by atoms with Crippen molar-refractivity contribution in [2.75, 3.05) is 5.32 Å². The Morgan fingerprint density at radius 3 is 2.44 bits per heavy atom. The zero-order valence-electron chi connectivity index (χ0n) is 15.3. The number of carbonyl (C=O) groups is 1. The highest BCUT2D eigenvalue weighted by atomic mass is 16.2. The topological polar surface area (TPSA) is 87.8 Å². The van der Waals surface area contributed by atoms with Crippen LogP contribution in [0.3, 0.4) is 0 Å². The van der Waals surface area contributed by atoms with E-state index in [1.165, 1.54) is 4.68 Å². The summed E-state index contributed by atoms with van der Waals surface area (Å²) in [6.07, 6.45) is 0.320. The number of nitriles is 1. The molecular formula is C21H20N4O2. The van der Waals surface area contributed by atoms with Crippen molar-refractivity contribution in [3.05, 3.63) is 70.1 Å². The first kappa shape index (κ1) is 18.3. The summed E-state index contributed by atoms with van der Waals surface area (Å²) in [7, 11) is 0. The lowest BCUT2D eigenvalue weighted by Crippen LogP contribution is -2.29. The van der Waals surface area contributed by atoms with Gasteiger partial charge in [0.25, 0.3) is 11.5 Å². The number of aromatic nitrogens is 2. The second kappa shape index (κ2) is 7.83. The molecule has 3 rings (SSSR count). The number of benzene rings is 2. The normalized spacial score (nSPS) is 10.7. The Balaban J connectivity index is 1.99. The molecule has 0 bridgehead atoms. The van der Waals surface area contributed by atoms with Crippen molar-refractivity contribution in [2.24, 2.45) is 5.92 Å². The Morgan fingerprint density at radius 2 is 1.81 bits per heavy atom. The van der Waals surface area contributed by atoms with Crippen LogP contribution in [0.2, 0.25) is 0 Å². The maximum atomic E-state index is 12.8. The molecule has 0 aliphatic heterocycles. The van der Waals surface area contributed by atoms with Gasteiger partial charge in [-0.25, -0.2) is 4.68 Å². The molecule has 6 heteroatoms. The predicted octanol–water partition coefficient (Wildman–Crippen LogP) is 3.37. The van der Waals surface area contributed by atoms with Gasteiger partial charge in [0.15, 0.2) is 5.69 Å². The molecule has 27 heavy (non-hydrogen) atoms. The summed E-state index contributed by atoms with van der Waals surface area (Å²) >= 11 is 0. The van der Waals surface area contributed by atoms with Gasteiger partial charge in [0.1, 0.15) is 0 Å². The van der Waals surface area contributed by atoms with E-state index in [0.29, 0.717) is 29.4 Å². The molecular weight excluding hydrogens is 340 g/mol. The Kier molecular flexibility index (Phi) is 5.32. The average molecular weight is 360 g/mol. The third kappa shape index (κ3) is 4.04. The summed E-state index contributed by atoms with van der Waals surface area (Å²) in [5.41, 5.74) is 1.50. The van der Waals surface area contributed by atoms with Crippen LogP contribution in [0.15, 0.2) is 53.3 Å². The minimum absolute atomic E-state index is 0.197.